The van der Waals surface area contributed by atoms with E-state index >= 15 is 0 Å². The van der Waals surface area contributed by atoms with Gasteiger partial charge in [-0.1, -0.05) is 30.3 Å². The van der Waals surface area contributed by atoms with Crippen LogP contribution >= 0.6 is 0 Å². The van der Waals surface area contributed by atoms with Crippen molar-refractivity contribution in [3.05, 3.63) is 76.9 Å². The molecule has 3 heterocycles. The van der Waals surface area contributed by atoms with Crippen LogP contribution in [0.3, 0.4) is 0 Å². The van der Waals surface area contributed by atoms with Crippen LogP contribution in [0.4, 0.5) is 4.39 Å². The minimum Gasteiger partial charge on any atom is -0.327 e. The molecule has 0 saturated carbocycles. The molecule has 7 heteroatoms. The van der Waals surface area contributed by atoms with E-state index in [4.69, 9.17) is 4.98 Å². The van der Waals surface area contributed by atoms with Crippen LogP contribution in [0.2, 0.25) is 0 Å². The molecule has 6 nitrogen and oxygen atoms in total. The molecule has 0 fully saturated rings. The standard InChI is InChI=1S/C22H19FN6/c1-13-18(12-15-7-6-8-16(23)11-15)14(2)29(27-13)22-24-21-20(25-26-22)17-9-4-5-10-19(17)28(21)3/h4-11H,12H2,1-3H3. The Morgan fingerprint density at radius 2 is 1.83 bits per heavy atom. The van der Waals surface area contributed by atoms with E-state index in [1.54, 1.807) is 16.8 Å². The van der Waals surface area contributed by atoms with Gasteiger partial charge in [-0.25, -0.2) is 9.07 Å². The van der Waals surface area contributed by atoms with Gasteiger partial charge in [-0.05, 0) is 37.6 Å². The van der Waals surface area contributed by atoms with E-state index in [0.717, 1.165) is 44.6 Å². The number of benzene rings is 2. The maximum atomic E-state index is 13.6. The van der Waals surface area contributed by atoms with Gasteiger partial charge in [-0.3, -0.25) is 0 Å². The molecule has 144 valence electrons. The summed E-state index contributed by atoms with van der Waals surface area (Å²) in [5, 5.41) is 14.4. The molecule has 0 atom stereocenters. The summed E-state index contributed by atoms with van der Waals surface area (Å²) in [4.78, 5) is 4.75. The Kier molecular flexibility index (Phi) is 3.91. The lowest BCUT2D eigenvalue weighted by molar-refractivity contribution is 0.626. The predicted octanol–water partition coefficient (Wildman–Crippen LogP) is 4.05. The third-order valence-electron chi connectivity index (χ3n) is 5.40. The molecule has 0 saturated heterocycles. The third-order valence-corrected chi connectivity index (χ3v) is 5.40. The first-order chi connectivity index (χ1) is 14.0. The molecule has 29 heavy (non-hydrogen) atoms. The zero-order valence-electron chi connectivity index (χ0n) is 16.4. The number of hydrogen-bond acceptors (Lipinski definition) is 4. The average Bonchev–Trinajstić information content (AvgIpc) is 3.17. The first-order valence-corrected chi connectivity index (χ1v) is 9.40. The number of rotatable bonds is 3. The molecule has 2 aromatic carbocycles. The van der Waals surface area contributed by atoms with Crippen molar-refractivity contribution < 1.29 is 4.39 Å². The van der Waals surface area contributed by atoms with Gasteiger partial charge in [0, 0.05) is 30.1 Å². The number of halogens is 1. The average molecular weight is 386 g/mol. The highest BCUT2D eigenvalue weighted by molar-refractivity contribution is 6.03. The smallest absolute Gasteiger partial charge is 0.272 e. The van der Waals surface area contributed by atoms with Gasteiger partial charge in [0.25, 0.3) is 5.95 Å². The molecule has 0 amide bonds. The van der Waals surface area contributed by atoms with Crippen molar-refractivity contribution in [3.63, 3.8) is 0 Å². The third kappa shape index (κ3) is 2.77. The van der Waals surface area contributed by atoms with Crippen LogP contribution in [-0.4, -0.2) is 29.5 Å². The normalized spacial score (nSPS) is 11.6. The van der Waals surface area contributed by atoms with Gasteiger partial charge in [0.15, 0.2) is 5.65 Å². The van der Waals surface area contributed by atoms with E-state index in [0.29, 0.717) is 12.4 Å². The largest absolute Gasteiger partial charge is 0.327 e. The van der Waals surface area contributed by atoms with Crippen LogP contribution in [0, 0.1) is 19.7 Å². The molecular formula is C22H19FN6. The zero-order valence-corrected chi connectivity index (χ0v) is 16.4. The van der Waals surface area contributed by atoms with Crippen LogP contribution in [0.1, 0.15) is 22.5 Å². The van der Waals surface area contributed by atoms with Gasteiger partial charge < -0.3 is 4.57 Å². The Morgan fingerprint density at radius 3 is 2.66 bits per heavy atom. The molecule has 0 unspecified atom stereocenters. The highest BCUT2D eigenvalue weighted by Crippen LogP contribution is 2.26. The summed E-state index contributed by atoms with van der Waals surface area (Å²) in [6.45, 7) is 3.92. The minimum absolute atomic E-state index is 0.237. The fraction of sp³-hybridized carbons (Fsp3) is 0.182. The van der Waals surface area contributed by atoms with Crippen molar-refractivity contribution >= 4 is 22.1 Å². The summed E-state index contributed by atoms with van der Waals surface area (Å²) >= 11 is 0. The summed E-state index contributed by atoms with van der Waals surface area (Å²) in [5.41, 5.74) is 6.32. The second kappa shape index (κ2) is 6.48. The van der Waals surface area contributed by atoms with Crippen molar-refractivity contribution in [2.24, 2.45) is 7.05 Å². The molecule has 0 N–H and O–H groups in total. The molecular weight excluding hydrogens is 367 g/mol. The van der Waals surface area contributed by atoms with Crippen molar-refractivity contribution in [1.82, 2.24) is 29.5 Å². The SMILES string of the molecule is Cc1nn(-c2nnc3c4ccccc4n(C)c3n2)c(C)c1Cc1cccc(F)c1. The Balaban J connectivity index is 1.62. The maximum absolute atomic E-state index is 13.6. The Bertz CT molecular complexity index is 1380. The molecule has 0 aliphatic carbocycles. The monoisotopic (exact) mass is 386 g/mol. The van der Waals surface area contributed by atoms with E-state index in [2.05, 4.69) is 15.3 Å². The van der Waals surface area contributed by atoms with Crippen LogP contribution in [0.15, 0.2) is 48.5 Å². The van der Waals surface area contributed by atoms with Gasteiger partial charge in [0.2, 0.25) is 0 Å². The summed E-state index contributed by atoms with van der Waals surface area (Å²) in [6, 6.07) is 14.7. The van der Waals surface area contributed by atoms with Crippen LogP contribution in [0.5, 0.6) is 0 Å². The topological polar surface area (TPSA) is 61.4 Å². The van der Waals surface area contributed by atoms with Crippen molar-refractivity contribution in [2.45, 2.75) is 20.3 Å². The van der Waals surface area contributed by atoms with E-state index in [1.165, 1.54) is 6.07 Å². The van der Waals surface area contributed by atoms with Gasteiger partial charge >= 0.3 is 0 Å². The highest BCUT2D eigenvalue weighted by atomic mass is 19.1. The van der Waals surface area contributed by atoms with E-state index in [9.17, 15) is 4.39 Å². The van der Waals surface area contributed by atoms with Crippen molar-refractivity contribution in [2.75, 3.05) is 0 Å². The molecule has 0 aliphatic rings. The van der Waals surface area contributed by atoms with E-state index in [-0.39, 0.29) is 5.82 Å². The fourth-order valence-electron chi connectivity index (χ4n) is 3.86. The predicted molar refractivity (Wildman–Crippen MR) is 110 cm³/mol. The Hall–Kier alpha value is -3.61. The van der Waals surface area contributed by atoms with Gasteiger partial charge in [-0.2, -0.15) is 10.1 Å². The molecule has 0 radical (unpaired) electrons. The summed E-state index contributed by atoms with van der Waals surface area (Å²) in [7, 11) is 1.97. The summed E-state index contributed by atoms with van der Waals surface area (Å²) in [6.07, 6.45) is 0.596. The summed E-state index contributed by atoms with van der Waals surface area (Å²) < 4.78 is 17.3. The molecule has 0 bridgehead atoms. The molecule has 5 rings (SSSR count). The number of fused-ring (bicyclic) bond motifs is 3. The lowest BCUT2D eigenvalue weighted by atomic mass is 10.0. The molecule has 0 aliphatic heterocycles. The number of aromatic nitrogens is 6. The first kappa shape index (κ1) is 17.5. The maximum Gasteiger partial charge on any atom is 0.272 e. The Labute approximate surface area is 166 Å². The molecule has 3 aromatic heterocycles. The number of hydrogen-bond donors (Lipinski definition) is 0. The molecule has 5 aromatic rings. The lowest BCUT2D eigenvalue weighted by Gasteiger charge is -2.05. The Morgan fingerprint density at radius 1 is 1.00 bits per heavy atom. The second-order valence-corrected chi connectivity index (χ2v) is 7.23. The van der Waals surface area contributed by atoms with Crippen LogP contribution < -0.4 is 0 Å². The lowest BCUT2D eigenvalue weighted by Crippen LogP contribution is -2.07. The zero-order chi connectivity index (χ0) is 20.1. The molecule has 0 spiro atoms. The van der Waals surface area contributed by atoms with Crippen molar-refractivity contribution in [3.8, 4) is 5.95 Å². The first-order valence-electron chi connectivity index (χ1n) is 9.40. The van der Waals surface area contributed by atoms with Gasteiger partial charge in [0.1, 0.15) is 11.3 Å². The highest BCUT2D eigenvalue weighted by Gasteiger charge is 2.18. The number of aryl methyl sites for hydroxylation is 2. The van der Waals surface area contributed by atoms with Gasteiger partial charge in [0.05, 0.1) is 11.2 Å². The van der Waals surface area contributed by atoms with Crippen LogP contribution in [-0.2, 0) is 13.5 Å². The fourth-order valence-corrected chi connectivity index (χ4v) is 3.86. The minimum atomic E-state index is -0.237. The van der Waals surface area contributed by atoms with E-state index < -0.39 is 0 Å². The second-order valence-electron chi connectivity index (χ2n) is 7.23. The quantitative estimate of drug-likeness (QED) is 0.469. The van der Waals surface area contributed by atoms with Crippen molar-refractivity contribution in [1.29, 1.82) is 0 Å². The van der Waals surface area contributed by atoms with E-state index in [1.807, 2.05) is 55.8 Å². The van der Waals surface area contributed by atoms with Crippen LogP contribution in [0.25, 0.3) is 28.0 Å². The summed E-state index contributed by atoms with van der Waals surface area (Å²) in [5.74, 6) is 0.188. The number of nitrogens with zero attached hydrogens (tertiary/aromatic N) is 6. The number of para-hydroxylation sites is 1. The van der Waals surface area contributed by atoms with Gasteiger partial charge in [-0.15, -0.1) is 10.2 Å².